The molecule has 41 heavy (non-hydrogen) atoms. The van der Waals surface area contributed by atoms with Gasteiger partial charge in [0.2, 0.25) is 0 Å². The van der Waals surface area contributed by atoms with Gasteiger partial charge in [-0.1, -0.05) is 13.0 Å². The zero-order chi connectivity index (χ0) is 28.9. The van der Waals surface area contributed by atoms with Gasteiger partial charge in [-0.2, -0.15) is 0 Å². The summed E-state index contributed by atoms with van der Waals surface area (Å²) >= 11 is 0. The molecule has 0 radical (unpaired) electrons. The third kappa shape index (κ3) is 5.69. The first kappa shape index (κ1) is 28.1. The second-order valence-corrected chi connectivity index (χ2v) is 12.5. The van der Waals surface area contributed by atoms with Crippen LogP contribution >= 0.6 is 0 Å². The van der Waals surface area contributed by atoms with Crippen molar-refractivity contribution in [3.63, 3.8) is 0 Å². The lowest BCUT2D eigenvalue weighted by molar-refractivity contribution is -0.159. The highest BCUT2D eigenvalue weighted by Crippen LogP contribution is 2.47. The van der Waals surface area contributed by atoms with Crippen molar-refractivity contribution in [3.05, 3.63) is 42.1 Å². The van der Waals surface area contributed by atoms with Gasteiger partial charge in [0, 0.05) is 24.4 Å². The van der Waals surface area contributed by atoms with Crippen molar-refractivity contribution in [1.29, 1.82) is 0 Å². The van der Waals surface area contributed by atoms with Crippen molar-refractivity contribution < 1.29 is 33.6 Å². The van der Waals surface area contributed by atoms with Crippen LogP contribution < -0.4 is 19.1 Å². The Kier molecular flexibility index (Phi) is 7.28. The summed E-state index contributed by atoms with van der Waals surface area (Å²) in [6.45, 7) is 9.98. The predicted octanol–water partition coefficient (Wildman–Crippen LogP) is 3.36. The summed E-state index contributed by atoms with van der Waals surface area (Å²) < 4.78 is 29.3. The van der Waals surface area contributed by atoms with Crippen molar-refractivity contribution in [2.24, 2.45) is 5.41 Å². The topological polar surface area (TPSA) is 103 Å². The molecule has 0 bridgehead atoms. The summed E-state index contributed by atoms with van der Waals surface area (Å²) in [5.41, 5.74) is 0.442. The third-order valence-electron chi connectivity index (χ3n) is 8.88. The average molecular weight is 568 g/mol. The highest BCUT2D eigenvalue weighted by atomic mass is 16.7. The molecule has 1 N–H and O–H groups in total. The van der Waals surface area contributed by atoms with E-state index < -0.39 is 23.4 Å². The van der Waals surface area contributed by atoms with Gasteiger partial charge in [-0.25, -0.2) is 4.98 Å². The molecule has 4 aliphatic rings. The Balaban J connectivity index is 1.14. The average Bonchev–Trinajstić information content (AvgIpc) is 3.55. The maximum absolute atomic E-state index is 13.4. The van der Waals surface area contributed by atoms with Gasteiger partial charge in [0.1, 0.15) is 17.7 Å². The highest BCUT2D eigenvalue weighted by Gasteiger charge is 2.51. The quantitative estimate of drug-likeness (QED) is 0.489. The zero-order valence-corrected chi connectivity index (χ0v) is 24.5. The van der Waals surface area contributed by atoms with E-state index in [1.807, 2.05) is 51.1 Å². The molecular formula is C31H41N3O7. The summed E-state index contributed by atoms with van der Waals surface area (Å²) in [5.74, 6) is 2.03. The Hall–Kier alpha value is -3.08. The van der Waals surface area contributed by atoms with Crippen LogP contribution in [0.25, 0.3) is 0 Å². The lowest BCUT2D eigenvalue weighted by atomic mass is 9.72. The largest absolute Gasteiger partial charge is 0.493 e. The number of carbonyl (C=O) groups excluding carboxylic acids is 1. The van der Waals surface area contributed by atoms with E-state index in [9.17, 15) is 9.90 Å². The first-order valence-electron chi connectivity index (χ1n) is 14.6. The highest BCUT2D eigenvalue weighted by molar-refractivity contribution is 5.82. The SMILES string of the molecule is COc1ccc([C@@H]2CN(C(=O)[C@@H]3COC(C)(C)O3)C[C@@]2(C)C(C)O)cc1OC1CN(c2ccc(OC3CC3)cn2)C1. The molecule has 3 aliphatic heterocycles. The number of aliphatic hydroxyl groups excluding tert-OH is 1. The van der Waals surface area contributed by atoms with Crippen molar-refractivity contribution in [2.75, 3.05) is 44.8 Å². The normalized spacial score (nSPS) is 28.3. The number of pyridine rings is 1. The molecule has 10 heteroatoms. The van der Waals surface area contributed by atoms with Crippen LogP contribution in [0.5, 0.6) is 17.2 Å². The van der Waals surface area contributed by atoms with Crippen molar-refractivity contribution in [1.82, 2.24) is 9.88 Å². The van der Waals surface area contributed by atoms with Crippen molar-refractivity contribution >= 4 is 11.7 Å². The van der Waals surface area contributed by atoms with Crippen LogP contribution in [0.4, 0.5) is 5.82 Å². The Bertz CT molecular complexity index is 1260. The Labute approximate surface area is 241 Å². The number of ether oxygens (including phenoxy) is 5. The van der Waals surface area contributed by atoms with Gasteiger partial charge in [-0.15, -0.1) is 0 Å². The van der Waals surface area contributed by atoms with E-state index in [1.54, 1.807) is 25.1 Å². The second-order valence-electron chi connectivity index (χ2n) is 12.5. The number of benzene rings is 1. The first-order chi connectivity index (χ1) is 19.5. The van der Waals surface area contributed by atoms with Crippen molar-refractivity contribution in [2.45, 2.75) is 76.7 Å². The molecule has 6 rings (SSSR count). The zero-order valence-electron chi connectivity index (χ0n) is 24.5. The lowest BCUT2D eigenvalue weighted by Gasteiger charge is -2.40. The van der Waals surface area contributed by atoms with Crippen LogP contribution in [-0.2, 0) is 14.3 Å². The number of rotatable bonds is 9. The number of anilines is 1. The van der Waals surface area contributed by atoms with E-state index in [0.717, 1.165) is 30.0 Å². The summed E-state index contributed by atoms with van der Waals surface area (Å²) in [6, 6.07) is 9.88. The fraction of sp³-hybridized carbons (Fsp3) is 0.613. The number of carbonyl (C=O) groups is 1. The van der Waals surface area contributed by atoms with E-state index in [4.69, 9.17) is 23.7 Å². The van der Waals surface area contributed by atoms with Crippen LogP contribution in [0, 0.1) is 5.41 Å². The molecule has 1 aromatic carbocycles. The number of hydrogen-bond acceptors (Lipinski definition) is 9. The molecule has 4 fully saturated rings. The monoisotopic (exact) mass is 567 g/mol. The van der Waals surface area contributed by atoms with E-state index >= 15 is 0 Å². The maximum Gasteiger partial charge on any atom is 0.254 e. The predicted molar refractivity (Wildman–Crippen MR) is 152 cm³/mol. The number of methoxy groups -OCH3 is 1. The number of likely N-dealkylation sites (tertiary alicyclic amines) is 1. The Morgan fingerprint density at radius 1 is 1.07 bits per heavy atom. The molecule has 4 heterocycles. The van der Waals surface area contributed by atoms with E-state index in [-0.39, 0.29) is 24.5 Å². The van der Waals surface area contributed by atoms with Crippen LogP contribution in [0.3, 0.4) is 0 Å². The first-order valence-corrected chi connectivity index (χ1v) is 14.6. The van der Waals surface area contributed by atoms with Gasteiger partial charge < -0.3 is 38.6 Å². The molecule has 1 amide bonds. The molecule has 1 unspecified atom stereocenters. The van der Waals surface area contributed by atoms with Crippen LogP contribution in [0.2, 0.25) is 0 Å². The minimum atomic E-state index is -0.781. The number of hydrogen-bond donors (Lipinski definition) is 1. The number of amides is 1. The summed E-state index contributed by atoms with van der Waals surface area (Å²) in [6.07, 6.45) is 3.08. The third-order valence-corrected chi connectivity index (χ3v) is 8.88. The number of aromatic nitrogens is 1. The minimum Gasteiger partial charge on any atom is -0.493 e. The summed E-state index contributed by atoms with van der Waals surface area (Å²) in [5, 5.41) is 10.9. The van der Waals surface area contributed by atoms with Gasteiger partial charge in [0.25, 0.3) is 5.91 Å². The molecule has 1 saturated carbocycles. The number of nitrogens with zero attached hydrogens (tertiary/aromatic N) is 3. The van der Waals surface area contributed by atoms with Crippen LogP contribution in [0.15, 0.2) is 36.5 Å². The molecule has 1 aliphatic carbocycles. The standard InChI is InChI=1S/C31H41N3O7/c1-19(35)31(4)18-34(29(36)27-17-38-30(2,3)41-27)16-24(31)20-6-10-25(37-5)26(12-20)40-23-14-33(15-23)28-11-9-22(13-32-28)39-21-7-8-21/h6,9-13,19,21,23-24,27,35H,7-8,14-18H2,1-5H3/t19?,24-,27-,31-/m0/s1. The Morgan fingerprint density at radius 2 is 1.85 bits per heavy atom. The fourth-order valence-electron chi connectivity index (χ4n) is 5.99. The Morgan fingerprint density at radius 3 is 2.46 bits per heavy atom. The lowest BCUT2D eigenvalue weighted by Crippen LogP contribution is -2.54. The van der Waals surface area contributed by atoms with Crippen LogP contribution in [0.1, 0.15) is 52.0 Å². The van der Waals surface area contributed by atoms with Crippen LogP contribution in [-0.4, -0.2) is 91.0 Å². The van der Waals surface area contributed by atoms with Crippen molar-refractivity contribution in [3.8, 4) is 17.2 Å². The van der Waals surface area contributed by atoms with Gasteiger partial charge in [-0.05, 0) is 63.4 Å². The number of aliphatic hydroxyl groups is 1. The van der Waals surface area contributed by atoms with Gasteiger partial charge in [-0.3, -0.25) is 4.79 Å². The molecule has 10 nitrogen and oxygen atoms in total. The summed E-state index contributed by atoms with van der Waals surface area (Å²) in [4.78, 5) is 21.9. The molecule has 1 aromatic heterocycles. The summed E-state index contributed by atoms with van der Waals surface area (Å²) in [7, 11) is 1.63. The van der Waals surface area contributed by atoms with Gasteiger partial charge in [0.15, 0.2) is 23.4 Å². The van der Waals surface area contributed by atoms with Gasteiger partial charge >= 0.3 is 0 Å². The molecule has 0 spiro atoms. The second kappa shape index (κ2) is 10.6. The fourth-order valence-corrected chi connectivity index (χ4v) is 5.99. The molecule has 4 atom stereocenters. The maximum atomic E-state index is 13.4. The molecule has 3 saturated heterocycles. The smallest absolute Gasteiger partial charge is 0.254 e. The molecule has 2 aromatic rings. The molecule has 222 valence electrons. The minimum absolute atomic E-state index is 0.0176. The van der Waals surface area contributed by atoms with E-state index in [0.29, 0.717) is 43.8 Å². The van der Waals surface area contributed by atoms with Gasteiger partial charge in [0.05, 0.1) is 45.2 Å². The molecular weight excluding hydrogens is 526 g/mol. The van der Waals surface area contributed by atoms with E-state index in [1.165, 1.54) is 0 Å². The van der Waals surface area contributed by atoms with E-state index in [2.05, 4.69) is 9.88 Å².